The predicted molar refractivity (Wildman–Crippen MR) is 72.2 cm³/mol. The highest BCUT2D eigenvalue weighted by molar-refractivity contribution is 7.71. The van der Waals surface area contributed by atoms with E-state index in [0.29, 0.717) is 11.1 Å². The van der Waals surface area contributed by atoms with Crippen LogP contribution in [0.25, 0.3) is 0 Å². The van der Waals surface area contributed by atoms with Gasteiger partial charge in [0, 0.05) is 12.6 Å². The third-order valence-electron chi connectivity index (χ3n) is 3.28. The summed E-state index contributed by atoms with van der Waals surface area (Å²) < 4.78 is 6.55. The van der Waals surface area contributed by atoms with E-state index in [1.807, 2.05) is 0 Å². The Morgan fingerprint density at radius 3 is 2.80 bits per heavy atom. The number of esters is 1. The van der Waals surface area contributed by atoms with Gasteiger partial charge in [0.25, 0.3) is 5.56 Å². The number of ether oxygens (including phenoxy) is 1. The molecule has 7 heteroatoms. The number of aromatic hydroxyl groups is 1. The Hall–Kier alpha value is -2.41. The fraction of sp³-hybridized carbons (Fsp3) is 0.154. The number of fused-ring (bicyclic) bond motifs is 1. The summed E-state index contributed by atoms with van der Waals surface area (Å²) in [4.78, 5) is 26.3. The van der Waals surface area contributed by atoms with Crippen LogP contribution in [0.5, 0.6) is 5.88 Å². The number of carbonyl (C=O) groups is 1. The number of hydrogen-bond donors (Lipinski definition) is 2. The average molecular weight is 290 g/mol. The van der Waals surface area contributed by atoms with E-state index in [2.05, 4.69) is 4.98 Å². The standard InChI is InChI=1S/C13H10N2O4S/c1-15-11(17)8(10(16)14-13(15)20)9-6-4-2-3-5-7(6)12(18)19-9/h2-5,9,17H,1H3,(H,14,16,20). The molecular formula is C13H10N2O4S. The van der Waals surface area contributed by atoms with E-state index in [9.17, 15) is 14.7 Å². The molecular weight excluding hydrogens is 280 g/mol. The van der Waals surface area contributed by atoms with Crippen LogP contribution in [0.2, 0.25) is 0 Å². The lowest BCUT2D eigenvalue weighted by Crippen LogP contribution is -2.21. The first-order valence-electron chi connectivity index (χ1n) is 5.82. The van der Waals surface area contributed by atoms with Crippen LogP contribution in [0.4, 0.5) is 0 Å². The molecule has 0 aliphatic carbocycles. The molecule has 1 aliphatic heterocycles. The summed E-state index contributed by atoms with van der Waals surface area (Å²) in [5.41, 5.74) is 0.344. The summed E-state index contributed by atoms with van der Waals surface area (Å²) >= 11 is 4.90. The van der Waals surface area contributed by atoms with Crippen LogP contribution < -0.4 is 5.56 Å². The Kier molecular flexibility index (Phi) is 2.72. The van der Waals surface area contributed by atoms with E-state index in [-0.39, 0.29) is 16.2 Å². The maximum atomic E-state index is 12.0. The number of H-pyrrole nitrogens is 1. The number of benzene rings is 1. The van der Waals surface area contributed by atoms with E-state index in [4.69, 9.17) is 17.0 Å². The first-order chi connectivity index (χ1) is 9.50. The molecule has 2 aromatic rings. The van der Waals surface area contributed by atoms with Gasteiger partial charge in [-0.25, -0.2) is 4.79 Å². The summed E-state index contributed by atoms with van der Waals surface area (Å²) in [5, 5.41) is 10.1. The number of nitrogens with one attached hydrogen (secondary N) is 1. The summed E-state index contributed by atoms with van der Waals surface area (Å²) in [6.45, 7) is 0. The van der Waals surface area contributed by atoms with Gasteiger partial charge in [0.1, 0.15) is 5.56 Å². The first kappa shape index (κ1) is 12.6. The molecule has 0 spiro atoms. The lowest BCUT2D eigenvalue weighted by Gasteiger charge is -2.13. The van der Waals surface area contributed by atoms with Gasteiger partial charge in [-0.3, -0.25) is 14.3 Å². The molecule has 1 aliphatic rings. The highest BCUT2D eigenvalue weighted by Gasteiger charge is 2.35. The molecule has 0 amide bonds. The molecule has 1 aromatic heterocycles. The van der Waals surface area contributed by atoms with Crippen molar-refractivity contribution in [2.75, 3.05) is 0 Å². The number of cyclic esters (lactones) is 1. The minimum absolute atomic E-state index is 0.0283. The lowest BCUT2D eigenvalue weighted by molar-refractivity contribution is 0.0449. The van der Waals surface area contributed by atoms with Gasteiger partial charge in [0.05, 0.1) is 5.56 Å². The Morgan fingerprint density at radius 1 is 1.35 bits per heavy atom. The molecule has 1 unspecified atom stereocenters. The molecule has 0 bridgehead atoms. The zero-order chi connectivity index (χ0) is 14.4. The number of nitrogens with zero attached hydrogens (tertiary/aromatic N) is 1. The van der Waals surface area contributed by atoms with Gasteiger partial charge < -0.3 is 9.84 Å². The monoisotopic (exact) mass is 290 g/mol. The second-order valence-corrected chi connectivity index (χ2v) is 4.81. The molecule has 1 atom stereocenters. The molecule has 1 aromatic carbocycles. The van der Waals surface area contributed by atoms with Crippen LogP contribution in [-0.2, 0) is 11.8 Å². The van der Waals surface area contributed by atoms with E-state index in [1.54, 1.807) is 24.3 Å². The fourth-order valence-corrected chi connectivity index (χ4v) is 2.40. The third-order valence-corrected chi connectivity index (χ3v) is 3.65. The molecule has 2 heterocycles. The molecule has 3 rings (SSSR count). The van der Waals surface area contributed by atoms with Crippen LogP contribution in [0.1, 0.15) is 27.6 Å². The zero-order valence-electron chi connectivity index (χ0n) is 10.4. The van der Waals surface area contributed by atoms with Crippen LogP contribution in [0.3, 0.4) is 0 Å². The summed E-state index contributed by atoms with van der Waals surface area (Å²) in [6, 6.07) is 6.75. The van der Waals surface area contributed by atoms with Gasteiger partial charge in [0.2, 0.25) is 5.88 Å². The Bertz CT molecular complexity index is 837. The maximum Gasteiger partial charge on any atom is 0.339 e. The van der Waals surface area contributed by atoms with Gasteiger partial charge >= 0.3 is 5.97 Å². The molecule has 0 radical (unpaired) electrons. The third kappa shape index (κ3) is 1.67. The number of aromatic amines is 1. The van der Waals surface area contributed by atoms with Crippen molar-refractivity contribution in [1.29, 1.82) is 0 Å². The molecule has 0 saturated heterocycles. The summed E-state index contributed by atoms with van der Waals surface area (Å²) in [6.07, 6.45) is -0.927. The van der Waals surface area contributed by atoms with Crippen molar-refractivity contribution in [2.45, 2.75) is 6.10 Å². The molecule has 20 heavy (non-hydrogen) atoms. The van der Waals surface area contributed by atoms with Crippen molar-refractivity contribution in [1.82, 2.24) is 9.55 Å². The summed E-state index contributed by atoms with van der Waals surface area (Å²) in [5.74, 6) is -0.831. The van der Waals surface area contributed by atoms with Gasteiger partial charge in [-0.05, 0) is 18.3 Å². The van der Waals surface area contributed by atoms with E-state index >= 15 is 0 Å². The minimum Gasteiger partial charge on any atom is -0.494 e. The van der Waals surface area contributed by atoms with Gasteiger partial charge in [-0.1, -0.05) is 18.2 Å². The van der Waals surface area contributed by atoms with E-state index in [0.717, 1.165) is 0 Å². The number of hydrogen-bond acceptors (Lipinski definition) is 5. The minimum atomic E-state index is -0.927. The largest absolute Gasteiger partial charge is 0.494 e. The normalized spacial score (nSPS) is 16.9. The van der Waals surface area contributed by atoms with Gasteiger partial charge in [0.15, 0.2) is 10.9 Å². The van der Waals surface area contributed by atoms with Crippen molar-refractivity contribution in [3.63, 3.8) is 0 Å². The molecule has 0 saturated carbocycles. The Labute approximate surface area is 118 Å². The van der Waals surface area contributed by atoms with Crippen molar-refractivity contribution in [3.05, 3.63) is 56.1 Å². The fourth-order valence-electron chi connectivity index (χ4n) is 2.22. The average Bonchev–Trinajstić information content (AvgIpc) is 2.75. The van der Waals surface area contributed by atoms with Crippen molar-refractivity contribution in [3.8, 4) is 5.88 Å². The molecule has 6 nitrogen and oxygen atoms in total. The number of carbonyl (C=O) groups excluding carboxylic acids is 1. The molecule has 0 fully saturated rings. The van der Waals surface area contributed by atoms with Crippen molar-refractivity contribution < 1.29 is 14.6 Å². The Balaban J connectivity index is 2.27. The van der Waals surface area contributed by atoms with E-state index < -0.39 is 17.6 Å². The Morgan fingerprint density at radius 2 is 2.05 bits per heavy atom. The maximum absolute atomic E-state index is 12.0. The van der Waals surface area contributed by atoms with Gasteiger partial charge in [-0.2, -0.15) is 0 Å². The van der Waals surface area contributed by atoms with E-state index in [1.165, 1.54) is 11.6 Å². The van der Waals surface area contributed by atoms with Crippen molar-refractivity contribution >= 4 is 18.2 Å². The smallest absolute Gasteiger partial charge is 0.339 e. The number of rotatable bonds is 1. The van der Waals surface area contributed by atoms with Crippen LogP contribution in [-0.4, -0.2) is 20.6 Å². The summed E-state index contributed by atoms with van der Waals surface area (Å²) in [7, 11) is 1.51. The number of aromatic nitrogens is 2. The highest BCUT2D eigenvalue weighted by Crippen LogP contribution is 2.37. The second-order valence-electron chi connectivity index (χ2n) is 4.43. The molecule has 102 valence electrons. The van der Waals surface area contributed by atoms with Crippen LogP contribution in [0, 0.1) is 4.77 Å². The molecule has 2 N–H and O–H groups in total. The van der Waals surface area contributed by atoms with Gasteiger partial charge in [-0.15, -0.1) is 0 Å². The van der Waals surface area contributed by atoms with Crippen LogP contribution >= 0.6 is 12.2 Å². The quantitative estimate of drug-likeness (QED) is 0.613. The lowest BCUT2D eigenvalue weighted by atomic mass is 10.0. The highest BCUT2D eigenvalue weighted by atomic mass is 32.1. The zero-order valence-corrected chi connectivity index (χ0v) is 11.2. The SMILES string of the molecule is Cn1c(O)c(C2OC(=O)c3ccccc32)c(=O)[nH]c1=S. The second kappa shape index (κ2) is 4.31. The van der Waals surface area contributed by atoms with Crippen molar-refractivity contribution in [2.24, 2.45) is 7.05 Å². The van der Waals surface area contributed by atoms with Crippen LogP contribution in [0.15, 0.2) is 29.1 Å². The first-order valence-corrected chi connectivity index (χ1v) is 6.23. The predicted octanol–water partition coefficient (Wildman–Crippen LogP) is 1.41. The topological polar surface area (TPSA) is 84.3 Å².